The Bertz CT molecular complexity index is 1790. The summed E-state index contributed by atoms with van der Waals surface area (Å²) < 4.78 is 6.85. The molecule has 0 atom stereocenters. The maximum atomic E-state index is 13.7. The number of nitrogens with zero attached hydrogens (tertiary/aromatic N) is 4. The smallest absolute Gasteiger partial charge is 0.267 e. The second-order valence-electron chi connectivity index (χ2n) is 8.50. The number of hydrogen-bond acceptors (Lipinski definition) is 6. The molecular weight excluding hydrogens is 452 g/mol. The first-order chi connectivity index (χ1) is 17.6. The van der Waals surface area contributed by atoms with Gasteiger partial charge in [-0.05, 0) is 54.4 Å². The molecule has 3 aromatic carbocycles. The van der Waals surface area contributed by atoms with E-state index in [1.165, 1.54) is 5.56 Å². The Kier molecular flexibility index (Phi) is 5.19. The van der Waals surface area contributed by atoms with Crippen molar-refractivity contribution < 1.29 is 4.74 Å². The minimum atomic E-state index is -0.207. The van der Waals surface area contributed by atoms with E-state index in [0.717, 1.165) is 22.6 Å². The van der Waals surface area contributed by atoms with Gasteiger partial charge in [-0.2, -0.15) is 10.1 Å². The first-order valence-corrected chi connectivity index (χ1v) is 11.4. The number of pyridine rings is 1. The molecular formula is C28H22N6O2. The highest BCUT2D eigenvalue weighted by Crippen LogP contribution is 2.27. The van der Waals surface area contributed by atoms with Gasteiger partial charge in [0.1, 0.15) is 5.75 Å². The van der Waals surface area contributed by atoms with Crippen molar-refractivity contribution in [1.82, 2.24) is 24.7 Å². The highest BCUT2D eigenvalue weighted by molar-refractivity contribution is 6.02. The van der Waals surface area contributed by atoms with Crippen molar-refractivity contribution in [2.45, 2.75) is 6.92 Å². The van der Waals surface area contributed by atoms with Crippen LogP contribution in [0.25, 0.3) is 38.8 Å². The van der Waals surface area contributed by atoms with Crippen LogP contribution in [0.5, 0.6) is 5.75 Å². The minimum Gasteiger partial charge on any atom is -0.497 e. The van der Waals surface area contributed by atoms with Gasteiger partial charge in [-0.15, -0.1) is 0 Å². The lowest BCUT2D eigenvalue weighted by atomic mass is 10.0. The van der Waals surface area contributed by atoms with Crippen molar-refractivity contribution in [3.8, 4) is 22.6 Å². The van der Waals surface area contributed by atoms with E-state index in [4.69, 9.17) is 9.72 Å². The normalized spacial score (nSPS) is 11.2. The number of H-pyrrole nitrogens is 1. The second kappa shape index (κ2) is 8.66. The van der Waals surface area contributed by atoms with Gasteiger partial charge < -0.3 is 10.1 Å². The average Bonchev–Trinajstić information content (AvgIpc) is 3.40. The van der Waals surface area contributed by atoms with Crippen molar-refractivity contribution in [2.75, 3.05) is 12.4 Å². The van der Waals surface area contributed by atoms with Gasteiger partial charge in [-0.1, -0.05) is 42.0 Å². The van der Waals surface area contributed by atoms with Crippen LogP contribution < -0.4 is 15.6 Å². The van der Waals surface area contributed by atoms with Gasteiger partial charge in [0.15, 0.2) is 5.65 Å². The van der Waals surface area contributed by atoms with E-state index in [1.54, 1.807) is 24.1 Å². The summed E-state index contributed by atoms with van der Waals surface area (Å²) in [5.74, 6) is 1.12. The molecule has 6 rings (SSSR count). The number of benzene rings is 3. The van der Waals surface area contributed by atoms with Gasteiger partial charge in [0.05, 0.1) is 35.3 Å². The van der Waals surface area contributed by atoms with Crippen molar-refractivity contribution >= 4 is 33.6 Å². The van der Waals surface area contributed by atoms with Crippen LogP contribution in [0.2, 0.25) is 0 Å². The molecule has 0 aliphatic carbocycles. The highest BCUT2D eigenvalue weighted by Gasteiger charge is 2.17. The van der Waals surface area contributed by atoms with Crippen LogP contribution in [0, 0.1) is 6.92 Å². The molecule has 0 bridgehead atoms. The molecule has 2 N–H and O–H groups in total. The van der Waals surface area contributed by atoms with Crippen LogP contribution in [-0.4, -0.2) is 31.8 Å². The fourth-order valence-corrected chi connectivity index (χ4v) is 4.34. The molecule has 0 aliphatic heterocycles. The van der Waals surface area contributed by atoms with E-state index in [1.807, 2.05) is 54.6 Å². The first kappa shape index (κ1) is 21.5. The molecule has 3 aromatic heterocycles. The maximum Gasteiger partial charge on any atom is 0.267 e. The van der Waals surface area contributed by atoms with Gasteiger partial charge in [-0.25, -0.2) is 4.98 Å². The number of nitrogens with one attached hydrogen (secondary N) is 2. The van der Waals surface area contributed by atoms with E-state index in [-0.39, 0.29) is 5.56 Å². The number of aromatic amines is 1. The van der Waals surface area contributed by atoms with Gasteiger partial charge in [0, 0.05) is 11.9 Å². The quantitative estimate of drug-likeness (QED) is 0.348. The number of ether oxygens (including phenoxy) is 1. The zero-order chi connectivity index (χ0) is 24.6. The number of anilines is 2. The molecule has 3 heterocycles. The number of rotatable bonds is 5. The topological polar surface area (TPSA) is 97.7 Å². The number of fused-ring (bicyclic) bond motifs is 3. The average molecular weight is 475 g/mol. The first-order valence-electron chi connectivity index (χ1n) is 11.4. The van der Waals surface area contributed by atoms with E-state index in [0.29, 0.717) is 33.6 Å². The van der Waals surface area contributed by atoms with E-state index < -0.39 is 0 Å². The molecule has 8 nitrogen and oxygen atoms in total. The molecule has 0 saturated carbocycles. The van der Waals surface area contributed by atoms with Gasteiger partial charge in [-0.3, -0.25) is 14.5 Å². The fraction of sp³-hybridized carbons (Fsp3) is 0.0714. The lowest BCUT2D eigenvalue weighted by molar-refractivity contribution is 0.415. The monoisotopic (exact) mass is 474 g/mol. The Morgan fingerprint density at radius 1 is 0.917 bits per heavy atom. The largest absolute Gasteiger partial charge is 0.497 e. The molecule has 6 aromatic rings. The molecule has 0 aliphatic rings. The Labute approximate surface area is 206 Å². The van der Waals surface area contributed by atoms with Gasteiger partial charge >= 0.3 is 0 Å². The number of hydrogen-bond donors (Lipinski definition) is 2. The van der Waals surface area contributed by atoms with Gasteiger partial charge in [0.2, 0.25) is 5.95 Å². The molecule has 0 spiro atoms. The summed E-state index contributed by atoms with van der Waals surface area (Å²) in [5.41, 5.74) is 5.64. The van der Waals surface area contributed by atoms with Crippen LogP contribution in [0.4, 0.5) is 11.6 Å². The molecule has 0 radical (unpaired) electrons. The number of aromatic nitrogens is 5. The maximum absolute atomic E-state index is 13.7. The summed E-state index contributed by atoms with van der Waals surface area (Å²) in [7, 11) is 1.62. The zero-order valence-corrected chi connectivity index (χ0v) is 19.7. The third-order valence-corrected chi connectivity index (χ3v) is 6.12. The van der Waals surface area contributed by atoms with E-state index in [2.05, 4.69) is 45.6 Å². The second-order valence-corrected chi connectivity index (χ2v) is 8.50. The molecule has 0 fully saturated rings. The van der Waals surface area contributed by atoms with Crippen LogP contribution >= 0.6 is 0 Å². The lowest BCUT2D eigenvalue weighted by Crippen LogP contribution is -2.20. The summed E-state index contributed by atoms with van der Waals surface area (Å²) in [4.78, 5) is 22.9. The third kappa shape index (κ3) is 3.74. The van der Waals surface area contributed by atoms with Crippen LogP contribution in [0.15, 0.2) is 90.0 Å². The Hall–Kier alpha value is -4.98. The fourth-order valence-electron chi connectivity index (χ4n) is 4.34. The molecule has 0 saturated heterocycles. The predicted octanol–water partition coefficient (Wildman–Crippen LogP) is 5.38. The Balaban J connectivity index is 1.53. The molecule has 8 heteroatoms. The predicted molar refractivity (Wildman–Crippen MR) is 141 cm³/mol. The molecule has 0 unspecified atom stereocenters. The summed E-state index contributed by atoms with van der Waals surface area (Å²) in [6.07, 6.45) is 3.25. The minimum absolute atomic E-state index is 0.207. The summed E-state index contributed by atoms with van der Waals surface area (Å²) in [6, 6.07) is 23.6. The zero-order valence-electron chi connectivity index (χ0n) is 19.7. The number of methoxy groups -OCH3 is 1. The molecule has 36 heavy (non-hydrogen) atoms. The third-order valence-electron chi connectivity index (χ3n) is 6.12. The Morgan fingerprint density at radius 3 is 2.47 bits per heavy atom. The SMILES string of the molecule is COc1ccc(Nc2ncc3c4[nH]ncc4c(=O)n(-c4cccc(-c5cccc(C)c5)c4)c3n2)cc1. The molecule has 176 valence electrons. The van der Waals surface area contributed by atoms with Gasteiger partial charge in [0.25, 0.3) is 5.56 Å². The van der Waals surface area contributed by atoms with Crippen molar-refractivity contribution in [3.63, 3.8) is 0 Å². The highest BCUT2D eigenvalue weighted by atomic mass is 16.5. The van der Waals surface area contributed by atoms with Crippen LogP contribution in [0.1, 0.15) is 5.56 Å². The van der Waals surface area contributed by atoms with Crippen molar-refractivity contribution in [3.05, 3.63) is 101 Å². The van der Waals surface area contributed by atoms with Crippen molar-refractivity contribution in [2.24, 2.45) is 0 Å². The number of aryl methyl sites for hydroxylation is 1. The standard InChI is InChI=1S/C28H22N6O2/c1-17-5-3-6-18(13-17)19-7-4-8-21(14-19)34-26-23(25-24(27(34)35)16-30-33-25)15-29-28(32-26)31-20-9-11-22(36-2)12-10-20/h3-16H,1-2H3,(H,30,33)(H,29,31,32). The van der Waals surface area contributed by atoms with E-state index in [9.17, 15) is 4.79 Å². The van der Waals surface area contributed by atoms with Crippen LogP contribution in [-0.2, 0) is 0 Å². The van der Waals surface area contributed by atoms with E-state index >= 15 is 0 Å². The summed E-state index contributed by atoms with van der Waals surface area (Å²) in [6.45, 7) is 2.06. The van der Waals surface area contributed by atoms with Crippen molar-refractivity contribution in [1.29, 1.82) is 0 Å². The Morgan fingerprint density at radius 2 is 1.69 bits per heavy atom. The van der Waals surface area contributed by atoms with Crippen LogP contribution in [0.3, 0.4) is 0 Å². The summed E-state index contributed by atoms with van der Waals surface area (Å²) >= 11 is 0. The lowest BCUT2D eigenvalue weighted by Gasteiger charge is -2.13. The molecule has 0 amide bonds. The summed E-state index contributed by atoms with van der Waals surface area (Å²) in [5, 5.41) is 11.4.